The molecule has 0 bridgehead atoms. The van der Waals surface area contributed by atoms with E-state index in [2.05, 4.69) is 15.6 Å². The van der Waals surface area contributed by atoms with E-state index in [1.54, 1.807) is 23.7 Å². The molecule has 5 nitrogen and oxygen atoms in total. The van der Waals surface area contributed by atoms with E-state index in [4.69, 9.17) is 16.3 Å². The number of anilines is 2. The highest BCUT2D eigenvalue weighted by atomic mass is 35.5. The normalized spacial score (nSPS) is 10.1. The molecule has 7 heteroatoms. The van der Waals surface area contributed by atoms with E-state index in [9.17, 15) is 4.79 Å². The number of methoxy groups -OCH3 is 1. The van der Waals surface area contributed by atoms with Crippen molar-refractivity contribution in [2.24, 2.45) is 0 Å². The summed E-state index contributed by atoms with van der Waals surface area (Å²) >= 11 is 7.34. The lowest BCUT2D eigenvalue weighted by molar-refractivity contribution is 0.262. The second-order valence-electron chi connectivity index (χ2n) is 3.72. The average Bonchev–Trinajstić information content (AvgIpc) is 2.86. The Morgan fingerprint density at radius 3 is 2.84 bits per heavy atom. The molecule has 1 aromatic heterocycles. The largest absolute Gasteiger partial charge is 0.495 e. The molecule has 0 saturated carbocycles. The van der Waals surface area contributed by atoms with Crippen molar-refractivity contribution in [2.75, 3.05) is 17.7 Å². The van der Waals surface area contributed by atoms with Crippen LogP contribution in [0.15, 0.2) is 23.7 Å². The molecule has 1 heterocycles. The lowest BCUT2D eigenvalue weighted by Gasteiger charge is -2.12. The summed E-state index contributed by atoms with van der Waals surface area (Å²) in [5.74, 6) is 0.505. The van der Waals surface area contributed by atoms with Crippen LogP contribution in [0.5, 0.6) is 5.75 Å². The van der Waals surface area contributed by atoms with E-state index in [0.29, 0.717) is 21.6 Å². The number of urea groups is 1. The average molecular weight is 298 g/mol. The first-order valence-corrected chi connectivity index (χ1v) is 6.67. The van der Waals surface area contributed by atoms with Crippen molar-refractivity contribution in [1.82, 2.24) is 4.98 Å². The number of halogens is 1. The van der Waals surface area contributed by atoms with Gasteiger partial charge in [-0.3, -0.25) is 5.32 Å². The molecule has 2 amide bonds. The number of nitrogens with one attached hydrogen (secondary N) is 2. The van der Waals surface area contributed by atoms with E-state index < -0.39 is 0 Å². The minimum absolute atomic E-state index is 0.380. The van der Waals surface area contributed by atoms with E-state index in [1.807, 2.05) is 6.92 Å². The van der Waals surface area contributed by atoms with Crippen LogP contribution >= 0.6 is 22.9 Å². The van der Waals surface area contributed by atoms with Crippen LogP contribution in [0, 0.1) is 6.92 Å². The molecule has 0 radical (unpaired) electrons. The molecule has 0 aliphatic carbocycles. The molecule has 0 aliphatic rings. The van der Waals surface area contributed by atoms with Gasteiger partial charge in [-0.05, 0) is 18.6 Å². The molecule has 1 aromatic carbocycles. The van der Waals surface area contributed by atoms with Gasteiger partial charge in [0.1, 0.15) is 5.75 Å². The number of carbonyl (C=O) groups is 1. The molecule has 2 rings (SSSR count). The number of amides is 2. The third-order valence-electron chi connectivity index (χ3n) is 2.38. The van der Waals surface area contributed by atoms with Gasteiger partial charge in [0.15, 0.2) is 5.13 Å². The number of hydrogen-bond acceptors (Lipinski definition) is 4. The number of carbonyl (C=O) groups excluding carboxylic acids is 1. The van der Waals surface area contributed by atoms with Gasteiger partial charge in [-0.15, -0.1) is 11.3 Å². The standard InChI is InChI=1S/C12H12ClN3O2S/c1-7-5-9(10(18-2)6-8(7)13)15-11(17)16-12-14-3-4-19-12/h3-6H,1-2H3,(H2,14,15,16,17). The van der Waals surface area contributed by atoms with Gasteiger partial charge in [0, 0.05) is 22.7 Å². The predicted octanol–water partition coefficient (Wildman–Crippen LogP) is 3.76. The van der Waals surface area contributed by atoms with Crippen LogP contribution < -0.4 is 15.4 Å². The molecule has 0 fully saturated rings. The van der Waals surface area contributed by atoms with Crippen molar-refractivity contribution >= 4 is 39.8 Å². The summed E-state index contributed by atoms with van der Waals surface area (Å²) in [7, 11) is 1.52. The quantitative estimate of drug-likeness (QED) is 0.906. The third kappa shape index (κ3) is 3.36. The first-order valence-electron chi connectivity index (χ1n) is 5.42. The molecule has 0 saturated heterocycles. The maximum absolute atomic E-state index is 11.8. The van der Waals surface area contributed by atoms with Crippen LogP contribution in [0.25, 0.3) is 0 Å². The Kier molecular flexibility index (Phi) is 4.24. The van der Waals surface area contributed by atoms with Crippen LogP contribution in [-0.4, -0.2) is 18.1 Å². The zero-order valence-electron chi connectivity index (χ0n) is 10.4. The van der Waals surface area contributed by atoms with Gasteiger partial charge in [0.05, 0.1) is 12.8 Å². The number of aromatic nitrogens is 1. The molecule has 100 valence electrons. The van der Waals surface area contributed by atoms with Crippen LogP contribution in [0.1, 0.15) is 5.56 Å². The van der Waals surface area contributed by atoms with Gasteiger partial charge in [-0.1, -0.05) is 11.6 Å². The first kappa shape index (κ1) is 13.6. The molecule has 2 N–H and O–H groups in total. The molecular weight excluding hydrogens is 286 g/mol. The number of thiazole rings is 1. The molecule has 0 spiro atoms. The lowest BCUT2D eigenvalue weighted by Crippen LogP contribution is -2.19. The fourth-order valence-corrected chi connectivity index (χ4v) is 2.14. The van der Waals surface area contributed by atoms with Crippen molar-refractivity contribution in [3.05, 3.63) is 34.3 Å². The van der Waals surface area contributed by atoms with Gasteiger partial charge >= 0.3 is 6.03 Å². The number of aryl methyl sites for hydroxylation is 1. The van der Waals surface area contributed by atoms with Gasteiger partial charge in [0.2, 0.25) is 0 Å². The maximum Gasteiger partial charge on any atom is 0.325 e. The Morgan fingerprint density at radius 1 is 1.42 bits per heavy atom. The van der Waals surface area contributed by atoms with Crippen molar-refractivity contribution in [1.29, 1.82) is 0 Å². The number of hydrogen-bond donors (Lipinski definition) is 2. The number of rotatable bonds is 3. The second-order valence-corrected chi connectivity index (χ2v) is 5.02. The number of ether oxygens (including phenoxy) is 1. The Morgan fingerprint density at radius 2 is 2.21 bits per heavy atom. The Hall–Kier alpha value is -1.79. The molecule has 0 atom stereocenters. The molecular formula is C12H12ClN3O2S. The van der Waals surface area contributed by atoms with E-state index >= 15 is 0 Å². The van der Waals surface area contributed by atoms with Crippen molar-refractivity contribution < 1.29 is 9.53 Å². The van der Waals surface area contributed by atoms with Crippen molar-refractivity contribution in [2.45, 2.75) is 6.92 Å². The van der Waals surface area contributed by atoms with Gasteiger partial charge < -0.3 is 10.1 Å². The van der Waals surface area contributed by atoms with Crippen molar-refractivity contribution in [3.63, 3.8) is 0 Å². The lowest BCUT2D eigenvalue weighted by atomic mass is 10.2. The summed E-state index contributed by atoms with van der Waals surface area (Å²) in [6.45, 7) is 1.85. The SMILES string of the molecule is COc1cc(Cl)c(C)cc1NC(=O)Nc1nccs1. The highest BCUT2D eigenvalue weighted by Gasteiger charge is 2.11. The number of nitrogens with zero attached hydrogens (tertiary/aromatic N) is 1. The van der Waals surface area contributed by atoms with Crippen LogP contribution in [0.4, 0.5) is 15.6 Å². The fraction of sp³-hybridized carbons (Fsp3) is 0.167. The van der Waals surface area contributed by atoms with E-state index in [-0.39, 0.29) is 6.03 Å². The molecule has 0 aliphatic heterocycles. The smallest absolute Gasteiger partial charge is 0.325 e. The summed E-state index contributed by atoms with van der Waals surface area (Å²) in [6, 6.07) is 3.04. The van der Waals surface area contributed by atoms with Gasteiger partial charge in [-0.25, -0.2) is 9.78 Å². The highest BCUT2D eigenvalue weighted by Crippen LogP contribution is 2.31. The summed E-state index contributed by atoms with van der Waals surface area (Å²) in [5.41, 5.74) is 1.41. The highest BCUT2D eigenvalue weighted by molar-refractivity contribution is 7.13. The van der Waals surface area contributed by atoms with Gasteiger partial charge in [-0.2, -0.15) is 0 Å². The summed E-state index contributed by atoms with van der Waals surface area (Å²) in [6.07, 6.45) is 1.62. The second kappa shape index (κ2) is 5.90. The topological polar surface area (TPSA) is 63.2 Å². The van der Waals surface area contributed by atoms with Crippen LogP contribution in [0.3, 0.4) is 0 Å². The Bertz CT molecular complexity index is 587. The maximum atomic E-state index is 11.8. The van der Waals surface area contributed by atoms with Crippen molar-refractivity contribution in [3.8, 4) is 5.75 Å². The van der Waals surface area contributed by atoms with E-state index in [0.717, 1.165) is 5.56 Å². The monoisotopic (exact) mass is 297 g/mol. The Balaban J connectivity index is 2.14. The van der Waals surface area contributed by atoms with Crippen LogP contribution in [0.2, 0.25) is 5.02 Å². The summed E-state index contributed by atoms with van der Waals surface area (Å²) < 4.78 is 5.18. The van der Waals surface area contributed by atoms with Crippen LogP contribution in [-0.2, 0) is 0 Å². The first-order chi connectivity index (χ1) is 9.10. The minimum atomic E-state index is -0.380. The third-order valence-corrected chi connectivity index (χ3v) is 3.48. The Labute approximate surface area is 119 Å². The molecule has 2 aromatic rings. The molecule has 0 unspecified atom stereocenters. The molecule has 19 heavy (non-hydrogen) atoms. The summed E-state index contributed by atoms with van der Waals surface area (Å²) in [5, 5.41) is 8.22. The zero-order valence-corrected chi connectivity index (χ0v) is 11.9. The number of benzene rings is 1. The zero-order chi connectivity index (χ0) is 13.8. The van der Waals surface area contributed by atoms with E-state index in [1.165, 1.54) is 18.4 Å². The predicted molar refractivity (Wildman–Crippen MR) is 77.5 cm³/mol. The summed E-state index contributed by atoms with van der Waals surface area (Å²) in [4.78, 5) is 15.8. The van der Waals surface area contributed by atoms with Gasteiger partial charge in [0.25, 0.3) is 0 Å². The fourth-order valence-electron chi connectivity index (χ4n) is 1.47. The minimum Gasteiger partial charge on any atom is -0.495 e.